The molecule has 1 rings (SSSR count). The first kappa shape index (κ1) is 13.8. The van der Waals surface area contributed by atoms with Crippen molar-refractivity contribution in [3.63, 3.8) is 0 Å². The summed E-state index contributed by atoms with van der Waals surface area (Å²) < 4.78 is 21.3. The molecule has 0 aromatic carbocycles. The maximum Gasteiger partial charge on any atom is 0.104 e. The zero-order valence-corrected chi connectivity index (χ0v) is 9.34. The molecule has 0 saturated carbocycles. The van der Waals surface area contributed by atoms with Crippen LogP contribution in [0.1, 0.15) is 0 Å². The second-order valence-electron chi connectivity index (χ2n) is 3.51. The Hall–Kier alpha value is -0.240. The van der Waals surface area contributed by atoms with Crippen molar-refractivity contribution in [2.75, 3.05) is 52.9 Å². The summed E-state index contributed by atoms with van der Waals surface area (Å²) in [4.78, 5) is 0. The highest BCUT2D eigenvalue weighted by atomic mass is 16.6. The highest BCUT2D eigenvalue weighted by Gasteiger charge is 2.22. The van der Waals surface area contributed by atoms with Crippen LogP contribution in [-0.2, 0) is 18.9 Å². The molecule has 96 valence electrons. The summed E-state index contributed by atoms with van der Waals surface area (Å²) in [5.74, 6) is 0. The van der Waals surface area contributed by atoms with Crippen molar-refractivity contribution < 1.29 is 29.2 Å². The van der Waals surface area contributed by atoms with Gasteiger partial charge in [0.1, 0.15) is 12.2 Å². The molecular formula is C10H20O6. The Morgan fingerprint density at radius 2 is 1.31 bits per heavy atom. The van der Waals surface area contributed by atoms with Crippen molar-refractivity contribution in [3.8, 4) is 0 Å². The molecule has 0 aliphatic carbocycles. The van der Waals surface area contributed by atoms with Crippen molar-refractivity contribution in [2.24, 2.45) is 0 Å². The molecule has 0 aromatic heterocycles. The predicted molar refractivity (Wildman–Crippen MR) is 55.3 cm³/mol. The van der Waals surface area contributed by atoms with Gasteiger partial charge in [-0.1, -0.05) is 0 Å². The highest BCUT2D eigenvalue weighted by molar-refractivity contribution is 4.67. The van der Waals surface area contributed by atoms with Crippen LogP contribution in [0, 0.1) is 0 Å². The molecule has 2 unspecified atom stereocenters. The minimum absolute atomic E-state index is 0.0190. The van der Waals surface area contributed by atoms with Gasteiger partial charge in [-0.15, -0.1) is 0 Å². The summed E-state index contributed by atoms with van der Waals surface area (Å²) in [6, 6.07) is 0. The quantitative estimate of drug-likeness (QED) is 0.515. The summed E-state index contributed by atoms with van der Waals surface area (Å²) in [7, 11) is 0. The van der Waals surface area contributed by atoms with Gasteiger partial charge in [-0.3, -0.25) is 0 Å². The molecule has 1 aliphatic heterocycles. The van der Waals surface area contributed by atoms with E-state index in [9.17, 15) is 0 Å². The zero-order chi connectivity index (χ0) is 11.6. The molecule has 2 atom stereocenters. The number of hydrogen-bond donors (Lipinski definition) is 2. The second-order valence-corrected chi connectivity index (χ2v) is 3.51. The van der Waals surface area contributed by atoms with Crippen molar-refractivity contribution in [2.45, 2.75) is 12.2 Å². The smallest absolute Gasteiger partial charge is 0.104 e. The summed E-state index contributed by atoms with van der Waals surface area (Å²) in [5, 5.41) is 17.0. The molecule has 1 aliphatic rings. The fraction of sp³-hybridized carbons (Fsp3) is 1.00. The molecule has 16 heavy (non-hydrogen) atoms. The van der Waals surface area contributed by atoms with Gasteiger partial charge >= 0.3 is 0 Å². The molecule has 6 heteroatoms. The van der Waals surface area contributed by atoms with Gasteiger partial charge in [0.2, 0.25) is 0 Å². The van der Waals surface area contributed by atoms with Crippen molar-refractivity contribution in [3.05, 3.63) is 0 Å². The van der Waals surface area contributed by atoms with E-state index in [0.717, 1.165) is 0 Å². The van der Waals surface area contributed by atoms with E-state index in [1.807, 2.05) is 0 Å². The Bertz CT molecular complexity index is 139. The van der Waals surface area contributed by atoms with Gasteiger partial charge in [0.05, 0.1) is 52.9 Å². The molecule has 0 spiro atoms. The van der Waals surface area contributed by atoms with Gasteiger partial charge in [0, 0.05) is 0 Å². The monoisotopic (exact) mass is 236 g/mol. The molecule has 1 heterocycles. The minimum atomic E-state index is -0.0689. The van der Waals surface area contributed by atoms with Crippen molar-refractivity contribution >= 4 is 0 Å². The minimum Gasteiger partial charge on any atom is -0.394 e. The Kier molecular flexibility index (Phi) is 7.65. The predicted octanol–water partition coefficient (Wildman–Crippen LogP) is -1.21. The van der Waals surface area contributed by atoms with Crippen LogP contribution < -0.4 is 0 Å². The topological polar surface area (TPSA) is 77.4 Å². The van der Waals surface area contributed by atoms with Crippen LogP contribution in [0.5, 0.6) is 0 Å². The first-order valence-corrected chi connectivity index (χ1v) is 5.47. The van der Waals surface area contributed by atoms with Gasteiger partial charge in [0.25, 0.3) is 0 Å². The van der Waals surface area contributed by atoms with Gasteiger partial charge in [-0.05, 0) is 0 Å². The molecule has 1 saturated heterocycles. The number of ether oxygens (including phenoxy) is 4. The summed E-state index contributed by atoms with van der Waals surface area (Å²) >= 11 is 0. The maximum atomic E-state index is 8.52. The number of aliphatic hydroxyl groups excluding tert-OH is 2. The van der Waals surface area contributed by atoms with Crippen LogP contribution in [0.25, 0.3) is 0 Å². The zero-order valence-electron chi connectivity index (χ0n) is 9.34. The number of rotatable bonds is 8. The summed E-state index contributed by atoms with van der Waals surface area (Å²) in [6.45, 7) is 2.49. The van der Waals surface area contributed by atoms with E-state index in [1.165, 1.54) is 0 Å². The molecule has 1 fully saturated rings. The van der Waals surface area contributed by atoms with Gasteiger partial charge in [0.15, 0.2) is 0 Å². The van der Waals surface area contributed by atoms with Gasteiger partial charge in [-0.2, -0.15) is 0 Å². The third-order valence-electron chi connectivity index (χ3n) is 2.11. The van der Waals surface area contributed by atoms with E-state index >= 15 is 0 Å². The Morgan fingerprint density at radius 1 is 0.875 bits per heavy atom. The third kappa shape index (κ3) is 5.74. The van der Waals surface area contributed by atoms with E-state index in [2.05, 4.69) is 0 Å². The van der Waals surface area contributed by atoms with Crippen LogP contribution in [0.15, 0.2) is 0 Å². The lowest BCUT2D eigenvalue weighted by Gasteiger charge is -2.29. The van der Waals surface area contributed by atoms with E-state index in [-0.39, 0.29) is 25.4 Å². The van der Waals surface area contributed by atoms with Gasteiger partial charge < -0.3 is 29.2 Å². The van der Waals surface area contributed by atoms with Crippen molar-refractivity contribution in [1.29, 1.82) is 0 Å². The molecule has 0 radical (unpaired) electrons. The molecule has 0 bridgehead atoms. The van der Waals surface area contributed by atoms with Crippen LogP contribution in [0.4, 0.5) is 0 Å². The van der Waals surface area contributed by atoms with E-state index in [1.54, 1.807) is 0 Å². The van der Waals surface area contributed by atoms with Crippen LogP contribution in [-0.4, -0.2) is 75.3 Å². The average Bonchev–Trinajstić information content (AvgIpc) is 2.32. The molecular weight excluding hydrogens is 216 g/mol. The Labute approximate surface area is 95.1 Å². The Morgan fingerprint density at radius 3 is 1.62 bits per heavy atom. The van der Waals surface area contributed by atoms with E-state index in [0.29, 0.717) is 39.6 Å². The first-order valence-electron chi connectivity index (χ1n) is 5.47. The average molecular weight is 236 g/mol. The van der Waals surface area contributed by atoms with Gasteiger partial charge in [-0.25, -0.2) is 0 Å². The lowest BCUT2D eigenvalue weighted by Crippen LogP contribution is -2.40. The summed E-state index contributed by atoms with van der Waals surface area (Å²) in [5.41, 5.74) is 0. The number of aliphatic hydroxyl groups is 2. The summed E-state index contributed by atoms with van der Waals surface area (Å²) in [6.07, 6.45) is -0.138. The fourth-order valence-electron chi connectivity index (χ4n) is 1.33. The molecule has 6 nitrogen and oxygen atoms in total. The SMILES string of the molecule is OCCOCC1COC(COCCO)CO1. The fourth-order valence-corrected chi connectivity index (χ4v) is 1.33. The van der Waals surface area contributed by atoms with Crippen LogP contribution in [0.2, 0.25) is 0 Å². The molecule has 0 amide bonds. The normalized spacial score (nSPS) is 25.9. The standard InChI is InChI=1S/C10H20O6/c11-1-3-13-5-9-7-16-10(8-15-9)6-14-4-2-12/h9-12H,1-8H2. The number of hydrogen-bond acceptors (Lipinski definition) is 6. The lowest BCUT2D eigenvalue weighted by molar-refractivity contribution is -0.167. The Balaban J connectivity index is 2.00. The molecule has 0 aromatic rings. The van der Waals surface area contributed by atoms with E-state index in [4.69, 9.17) is 29.2 Å². The molecule has 2 N–H and O–H groups in total. The maximum absolute atomic E-state index is 8.52. The largest absolute Gasteiger partial charge is 0.394 e. The third-order valence-corrected chi connectivity index (χ3v) is 2.11. The van der Waals surface area contributed by atoms with Crippen molar-refractivity contribution in [1.82, 2.24) is 0 Å². The first-order chi connectivity index (χ1) is 7.86. The highest BCUT2D eigenvalue weighted by Crippen LogP contribution is 2.08. The van der Waals surface area contributed by atoms with E-state index < -0.39 is 0 Å². The lowest BCUT2D eigenvalue weighted by atomic mass is 10.3. The van der Waals surface area contributed by atoms with Crippen LogP contribution >= 0.6 is 0 Å². The van der Waals surface area contributed by atoms with Crippen LogP contribution in [0.3, 0.4) is 0 Å². The second kappa shape index (κ2) is 8.86.